The van der Waals surface area contributed by atoms with E-state index < -0.39 is 16.1 Å². The molecule has 3 heterocycles. The Kier molecular flexibility index (Phi) is 6.35. The van der Waals surface area contributed by atoms with E-state index in [1.807, 2.05) is 25.1 Å². The summed E-state index contributed by atoms with van der Waals surface area (Å²) in [5.41, 5.74) is 1.67. The van der Waals surface area contributed by atoms with Gasteiger partial charge in [0.15, 0.2) is 5.13 Å². The van der Waals surface area contributed by atoms with E-state index in [1.54, 1.807) is 49.8 Å². The van der Waals surface area contributed by atoms with Crippen LogP contribution in [0.4, 0.5) is 5.13 Å². The maximum absolute atomic E-state index is 13.9. The summed E-state index contributed by atoms with van der Waals surface area (Å²) >= 11 is 1.37. The Morgan fingerprint density at radius 2 is 2.03 bits per heavy atom. The number of anilines is 1. The van der Waals surface area contributed by atoms with Crippen LogP contribution < -0.4 is 9.64 Å². The van der Waals surface area contributed by atoms with Crippen molar-refractivity contribution in [2.45, 2.75) is 37.2 Å². The van der Waals surface area contributed by atoms with Crippen molar-refractivity contribution in [2.75, 3.05) is 18.6 Å². The van der Waals surface area contributed by atoms with Crippen molar-refractivity contribution < 1.29 is 22.4 Å². The number of ether oxygens (including phenoxy) is 1. The van der Waals surface area contributed by atoms with Gasteiger partial charge in [0.25, 0.3) is 0 Å². The van der Waals surface area contributed by atoms with Crippen LogP contribution in [0.2, 0.25) is 0 Å². The first-order valence-corrected chi connectivity index (χ1v) is 13.5. The van der Waals surface area contributed by atoms with Crippen molar-refractivity contribution in [3.63, 3.8) is 0 Å². The van der Waals surface area contributed by atoms with Gasteiger partial charge in [-0.1, -0.05) is 29.0 Å². The van der Waals surface area contributed by atoms with E-state index >= 15 is 0 Å². The van der Waals surface area contributed by atoms with Crippen LogP contribution in [0.1, 0.15) is 24.2 Å². The number of benzene rings is 2. The number of methoxy groups -OCH3 is 1. The lowest BCUT2D eigenvalue weighted by Crippen LogP contribution is -2.47. The van der Waals surface area contributed by atoms with Crippen molar-refractivity contribution in [3.8, 4) is 5.75 Å². The maximum Gasteiger partial charge on any atom is 0.247 e. The summed E-state index contributed by atoms with van der Waals surface area (Å²) in [4.78, 5) is 20.3. The summed E-state index contributed by atoms with van der Waals surface area (Å²) in [7, 11) is -2.24. The molecule has 0 spiro atoms. The lowest BCUT2D eigenvalue weighted by Gasteiger charge is -2.28. The van der Waals surface area contributed by atoms with E-state index in [4.69, 9.17) is 9.15 Å². The van der Waals surface area contributed by atoms with Gasteiger partial charge in [-0.15, -0.1) is 0 Å². The zero-order valence-electron chi connectivity index (χ0n) is 19.4. The van der Waals surface area contributed by atoms with Crippen molar-refractivity contribution in [1.82, 2.24) is 9.29 Å². The molecule has 2 aromatic carbocycles. The number of carbonyl (C=O) groups excluding carboxylic acids is 1. The number of hydrogen-bond acceptors (Lipinski definition) is 7. The van der Waals surface area contributed by atoms with Gasteiger partial charge in [-0.2, -0.15) is 4.31 Å². The molecule has 182 valence electrons. The quantitative estimate of drug-likeness (QED) is 0.360. The molecule has 0 aliphatic carbocycles. The molecule has 2 aromatic heterocycles. The topological polar surface area (TPSA) is 93.0 Å². The number of aromatic nitrogens is 1. The van der Waals surface area contributed by atoms with Gasteiger partial charge in [0.1, 0.15) is 17.6 Å². The van der Waals surface area contributed by atoms with Crippen LogP contribution >= 0.6 is 11.3 Å². The average Bonchev–Trinajstić information content (AvgIpc) is 3.62. The molecular weight excluding hydrogens is 486 g/mol. The number of thiazole rings is 1. The molecule has 1 atom stereocenters. The van der Waals surface area contributed by atoms with E-state index in [-0.39, 0.29) is 23.9 Å². The molecule has 0 radical (unpaired) electrons. The second-order valence-electron chi connectivity index (χ2n) is 8.42. The number of rotatable bonds is 7. The predicted octanol–water partition coefficient (Wildman–Crippen LogP) is 4.59. The van der Waals surface area contributed by atoms with Crippen LogP contribution in [0.25, 0.3) is 10.2 Å². The Labute approximate surface area is 207 Å². The SMILES string of the molecule is COc1ccc2sc(N(Cc3ccco3)C(=O)C3CCCN3S(=O)(=O)c3ccc(C)cc3)nc2c1. The van der Waals surface area contributed by atoms with Crippen LogP contribution in [0, 0.1) is 6.92 Å². The lowest BCUT2D eigenvalue weighted by atomic mass is 10.2. The monoisotopic (exact) mass is 511 g/mol. The number of carbonyl (C=O) groups is 1. The van der Waals surface area contributed by atoms with E-state index in [9.17, 15) is 13.2 Å². The molecule has 1 saturated heterocycles. The minimum absolute atomic E-state index is 0.151. The average molecular weight is 512 g/mol. The second-order valence-corrected chi connectivity index (χ2v) is 11.3. The molecule has 4 aromatic rings. The second kappa shape index (κ2) is 9.44. The number of sulfonamides is 1. The maximum atomic E-state index is 13.9. The lowest BCUT2D eigenvalue weighted by molar-refractivity contribution is -0.121. The third-order valence-corrected chi connectivity index (χ3v) is 9.07. The zero-order chi connectivity index (χ0) is 24.6. The third kappa shape index (κ3) is 4.56. The summed E-state index contributed by atoms with van der Waals surface area (Å²) in [6.07, 6.45) is 2.59. The highest BCUT2D eigenvalue weighted by Crippen LogP contribution is 2.35. The predicted molar refractivity (Wildman–Crippen MR) is 134 cm³/mol. The third-order valence-electron chi connectivity index (χ3n) is 6.09. The van der Waals surface area contributed by atoms with E-state index in [1.165, 1.54) is 20.5 Å². The van der Waals surface area contributed by atoms with Gasteiger partial charge in [-0.25, -0.2) is 13.4 Å². The first-order chi connectivity index (χ1) is 16.9. The van der Waals surface area contributed by atoms with Gasteiger partial charge < -0.3 is 9.15 Å². The highest BCUT2D eigenvalue weighted by atomic mass is 32.2. The zero-order valence-corrected chi connectivity index (χ0v) is 21.0. The number of nitrogens with zero attached hydrogens (tertiary/aromatic N) is 3. The Bertz CT molecular complexity index is 1450. The normalized spacial score (nSPS) is 16.6. The fourth-order valence-electron chi connectivity index (χ4n) is 4.24. The van der Waals surface area contributed by atoms with Crippen LogP contribution in [0.3, 0.4) is 0 Å². The van der Waals surface area contributed by atoms with Crippen molar-refractivity contribution in [1.29, 1.82) is 0 Å². The van der Waals surface area contributed by atoms with E-state index in [0.29, 0.717) is 35.0 Å². The van der Waals surface area contributed by atoms with Crippen LogP contribution in [-0.4, -0.2) is 43.3 Å². The number of amides is 1. The highest BCUT2D eigenvalue weighted by molar-refractivity contribution is 7.89. The number of furan rings is 1. The molecule has 0 saturated carbocycles. The molecule has 8 nitrogen and oxygen atoms in total. The largest absolute Gasteiger partial charge is 0.497 e. The molecule has 1 unspecified atom stereocenters. The van der Waals surface area contributed by atoms with Gasteiger partial charge in [0.05, 0.1) is 35.0 Å². The van der Waals surface area contributed by atoms with Crippen molar-refractivity contribution in [3.05, 3.63) is 72.2 Å². The van der Waals surface area contributed by atoms with Crippen molar-refractivity contribution in [2.24, 2.45) is 0 Å². The molecular formula is C25H25N3O5S2. The number of hydrogen-bond donors (Lipinski definition) is 0. The summed E-state index contributed by atoms with van der Waals surface area (Å²) in [5, 5.41) is 0.481. The Hall–Kier alpha value is -3.21. The summed E-state index contributed by atoms with van der Waals surface area (Å²) in [6, 6.07) is 15.0. The fraction of sp³-hybridized carbons (Fsp3) is 0.280. The van der Waals surface area contributed by atoms with Crippen LogP contribution in [-0.2, 0) is 21.4 Å². The fourth-order valence-corrected chi connectivity index (χ4v) is 6.84. The minimum atomic E-state index is -3.83. The van der Waals surface area contributed by atoms with Crippen molar-refractivity contribution >= 4 is 42.6 Å². The van der Waals surface area contributed by atoms with Gasteiger partial charge in [-0.05, 0) is 56.2 Å². The minimum Gasteiger partial charge on any atom is -0.497 e. The van der Waals surface area contributed by atoms with Gasteiger partial charge >= 0.3 is 0 Å². The molecule has 1 fully saturated rings. The molecule has 0 bridgehead atoms. The number of aryl methyl sites for hydroxylation is 1. The first kappa shape index (κ1) is 23.5. The molecule has 1 aliphatic heterocycles. The summed E-state index contributed by atoms with van der Waals surface area (Å²) in [5.74, 6) is 0.936. The summed E-state index contributed by atoms with van der Waals surface area (Å²) in [6.45, 7) is 2.34. The van der Waals surface area contributed by atoms with E-state index in [0.717, 1.165) is 10.3 Å². The van der Waals surface area contributed by atoms with Gasteiger partial charge in [-0.3, -0.25) is 9.69 Å². The van der Waals surface area contributed by atoms with E-state index in [2.05, 4.69) is 4.98 Å². The molecule has 1 aliphatic rings. The van der Waals surface area contributed by atoms with Gasteiger partial charge in [0, 0.05) is 12.6 Å². The Morgan fingerprint density at radius 1 is 1.23 bits per heavy atom. The molecule has 0 N–H and O–H groups in total. The van der Waals surface area contributed by atoms with Crippen LogP contribution in [0.15, 0.2) is 70.2 Å². The highest BCUT2D eigenvalue weighted by Gasteiger charge is 2.42. The smallest absolute Gasteiger partial charge is 0.247 e. The molecule has 1 amide bonds. The standard InChI is InChI=1S/C25H25N3O5S2/c1-17-7-10-20(11-8-17)35(30,31)28-13-3-6-22(28)24(29)27(16-19-5-4-14-33-19)25-26-21-15-18(32-2)9-12-23(21)34-25/h4-5,7-12,14-15,22H,3,6,13,16H2,1-2H3. The molecule has 5 rings (SSSR count). The van der Waals surface area contributed by atoms with Gasteiger partial charge in [0.2, 0.25) is 15.9 Å². The van der Waals surface area contributed by atoms with Crippen LogP contribution in [0.5, 0.6) is 5.75 Å². The first-order valence-electron chi connectivity index (χ1n) is 11.2. The Morgan fingerprint density at radius 3 is 2.74 bits per heavy atom. The molecule has 35 heavy (non-hydrogen) atoms. The summed E-state index contributed by atoms with van der Waals surface area (Å²) < 4.78 is 40.0. The number of fused-ring (bicyclic) bond motifs is 1. The Balaban J connectivity index is 1.51. The molecule has 10 heteroatoms.